The quantitative estimate of drug-likeness (QED) is 0.630. The molecular weight excluding hydrogens is 421 g/mol. The minimum Gasteiger partial charge on any atom is -0.391 e. The number of piperazine rings is 1. The predicted molar refractivity (Wildman–Crippen MR) is 111 cm³/mol. The van der Waals surface area contributed by atoms with E-state index in [1.165, 1.54) is 29.5 Å². The molecule has 1 N–H and O–H groups in total. The van der Waals surface area contributed by atoms with Gasteiger partial charge in [0, 0.05) is 54.9 Å². The first-order valence-electron chi connectivity index (χ1n) is 9.47. The molecule has 2 aromatic rings. The van der Waals surface area contributed by atoms with Crippen molar-refractivity contribution in [1.29, 1.82) is 0 Å². The Hall–Kier alpha value is -1.25. The lowest BCUT2D eigenvalue weighted by Gasteiger charge is -2.35. The van der Waals surface area contributed by atoms with Gasteiger partial charge in [-0.05, 0) is 42.0 Å². The average molecular weight is 445 g/mol. The van der Waals surface area contributed by atoms with Crippen LogP contribution in [0.5, 0.6) is 0 Å². The van der Waals surface area contributed by atoms with Crippen LogP contribution in [0.2, 0.25) is 5.02 Å². The number of thioether (sulfide) groups is 1. The van der Waals surface area contributed by atoms with Crippen LogP contribution in [0, 0.1) is 0 Å². The zero-order valence-corrected chi connectivity index (χ0v) is 17.5. The summed E-state index contributed by atoms with van der Waals surface area (Å²) in [4.78, 5) is 5.34. The lowest BCUT2D eigenvalue weighted by atomic mass is 10.2. The number of hydrogen-bond acceptors (Lipinski definition) is 4. The summed E-state index contributed by atoms with van der Waals surface area (Å²) in [7, 11) is 0. The Bertz CT molecular complexity index is 763. The van der Waals surface area contributed by atoms with E-state index in [-0.39, 0.29) is 0 Å². The number of rotatable bonds is 7. The van der Waals surface area contributed by atoms with Gasteiger partial charge in [0.2, 0.25) is 0 Å². The van der Waals surface area contributed by atoms with Crippen molar-refractivity contribution in [3.63, 3.8) is 0 Å². The summed E-state index contributed by atoms with van der Waals surface area (Å²) in [5, 5.41) is 11.0. The molecule has 0 amide bonds. The monoisotopic (exact) mass is 444 g/mol. The number of alkyl halides is 3. The summed E-state index contributed by atoms with van der Waals surface area (Å²) in [6, 6.07) is 12.9. The summed E-state index contributed by atoms with van der Waals surface area (Å²) in [6.45, 7) is 5.09. The molecule has 0 unspecified atom stereocenters. The topological polar surface area (TPSA) is 26.7 Å². The number of benzene rings is 2. The first-order chi connectivity index (χ1) is 13.8. The zero-order valence-electron chi connectivity index (χ0n) is 15.9. The maximum atomic E-state index is 12.6. The number of β-amino-alcohol motifs (C(OH)–C–C–N with tert-alkyl or cyclic N) is 1. The van der Waals surface area contributed by atoms with Gasteiger partial charge in [0.05, 0.1) is 11.7 Å². The van der Waals surface area contributed by atoms with E-state index in [0.29, 0.717) is 12.3 Å². The summed E-state index contributed by atoms with van der Waals surface area (Å²) >= 11 is 7.30. The molecule has 1 aliphatic heterocycles. The zero-order chi connectivity index (χ0) is 20.9. The molecule has 1 fully saturated rings. The molecule has 1 saturated heterocycles. The second-order valence-electron chi connectivity index (χ2n) is 7.19. The molecule has 1 heterocycles. The highest BCUT2D eigenvalue weighted by atomic mass is 35.5. The lowest BCUT2D eigenvalue weighted by Crippen LogP contribution is -2.48. The first kappa shape index (κ1) is 22.4. The lowest BCUT2D eigenvalue weighted by molar-refractivity contribution is -0.137. The molecule has 1 aliphatic rings. The van der Waals surface area contributed by atoms with Crippen molar-refractivity contribution in [3.8, 4) is 0 Å². The summed E-state index contributed by atoms with van der Waals surface area (Å²) in [6.07, 6.45) is -4.84. The van der Waals surface area contributed by atoms with Crippen molar-refractivity contribution in [3.05, 3.63) is 64.7 Å². The molecule has 0 bridgehead atoms. The van der Waals surface area contributed by atoms with Gasteiger partial charge >= 0.3 is 6.18 Å². The van der Waals surface area contributed by atoms with Crippen LogP contribution in [0.1, 0.15) is 11.1 Å². The maximum absolute atomic E-state index is 12.6. The van der Waals surface area contributed by atoms with Crippen LogP contribution in [0.15, 0.2) is 53.4 Å². The van der Waals surface area contributed by atoms with E-state index < -0.39 is 17.8 Å². The van der Waals surface area contributed by atoms with Gasteiger partial charge in [-0.25, -0.2) is 0 Å². The molecular formula is C21H24ClF3N2OS. The minimum atomic E-state index is -4.32. The Morgan fingerprint density at radius 3 is 2.10 bits per heavy atom. The summed E-state index contributed by atoms with van der Waals surface area (Å²) < 4.78 is 37.8. The van der Waals surface area contributed by atoms with Crippen molar-refractivity contribution in [2.45, 2.75) is 23.7 Å². The Labute approximate surface area is 178 Å². The van der Waals surface area contributed by atoms with E-state index in [9.17, 15) is 18.3 Å². The molecule has 0 radical (unpaired) electrons. The van der Waals surface area contributed by atoms with Crippen LogP contribution in [0.4, 0.5) is 13.2 Å². The number of aliphatic hydroxyl groups is 1. The standard InChI is InChI=1S/C21H24ClF3N2OS/c22-18-5-1-16(2-6-18)13-26-9-11-27(12-10-26)14-19(28)15-29-20-7-3-17(4-8-20)21(23,24)25/h1-8,19,28H,9-15H2/t19-/m0/s1. The van der Waals surface area contributed by atoms with Gasteiger partial charge < -0.3 is 5.11 Å². The fraction of sp³-hybridized carbons (Fsp3) is 0.429. The third-order valence-corrected chi connectivity index (χ3v) is 6.29. The van der Waals surface area contributed by atoms with Gasteiger partial charge in [-0.1, -0.05) is 23.7 Å². The molecule has 2 aromatic carbocycles. The van der Waals surface area contributed by atoms with Gasteiger partial charge in [0.25, 0.3) is 0 Å². The van der Waals surface area contributed by atoms with Crippen molar-refractivity contribution >= 4 is 23.4 Å². The van der Waals surface area contributed by atoms with Crippen LogP contribution in [0.3, 0.4) is 0 Å². The number of aliphatic hydroxyl groups excluding tert-OH is 1. The smallest absolute Gasteiger partial charge is 0.391 e. The highest BCUT2D eigenvalue weighted by Gasteiger charge is 2.30. The Balaban J connectivity index is 1.37. The number of halogens is 4. The fourth-order valence-corrected chi connectivity index (χ4v) is 4.21. The van der Waals surface area contributed by atoms with E-state index in [2.05, 4.69) is 9.80 Å². The van der Waals surface area contributed by atoms with Crippen molar-refractivity contribution in [2.24, 2.45) is 0 Å². The normalized spacial score (nSPS) is 17.4. The summed E-state index contributed by atoms with van der Waals surface area (Å²) in [5.74, 6) is 0.455. The minimum absolute atomic E-state index is 0.455. The number of hydrogen-bond donors (Lipinski definition) is 1. The van der Waals surface area contributed by atoms with Gasteiger partial charge in [0.15, 0.2) is 0 Å². The third kappa shape index (κ3) is 7.19. The van der Waals surface area contributed by atoms with Gasteiger partial charge in [-0.2, -0.15) is 13.2 Å². The Morgan fingerprint density at radius 2 is 1.52 bits per heavy atom. The van der Waals surface area contributed by atoms with E-state index in [1.54, 1.807) is 0 Å². The second-order valence-corrected chi connectivity index (χ2v) is 8.72. The van der Waals surface area contributed by atoms with Gasteiger partial charge in [-0.15, -0.1) is 11.8 Å². The van der Waals surface area contributed by atoms with Crippen molar-refractivity contribution < 1.29 is 18.3 Å². The second kappa shape index (κ2) is 10.2. The molecule has 3 nitrogen and oxygen atoms in total. The molecule has 1 atom stereocenters. The maximum Gasteiger partial charge on any atom is 0.416 e. The van der Waals surface area contributed by atoms with Crippen LogP contribution < -0.4 is 0 Å². The predicted octanol–water partition coefficient (Wildman–Crippen LogP) is 4.63. The van der Waals surface area contributed by atoms with Crippen LogP contribution >= 0.6 is 23.4 Å². The molecule has 8 heteroatoms. The van der Waals surface area contributed by atoms with Crippen LogP contribution in [-0.4, -0.2) is 59.5 Å². The molecule has 0 aromatic heterocycles. The summed E-state index contributed by atoms with van der Waals surface area (Å²) in [5.41, 5.74) is 0.578. The van der Waals surface area contributed by atoms with Crippen LogP contribution in [0.25, 0.3) is 0 Å². The Morgan fingerprint density at radius 1 is 0.931 bits per heavy atom. The highest BCUT2D eigenvalue weighted by molar-refractivity contribution is 7.99. The van der Waals surface area contributed by atoms with Gasteiger partial charge in [0.1, 0.15) is 0 Å². The average Bonchev–Trinajstić information content (AvgIpc) is 2.69. The largest absolute Gasteiger partial charge is 0.416 e. The molecule has 158 valence electrons. The SMILES string of the molecule is O[C@H](CSc1ccc(C(F)(F)F)cc1)CN1CCN(Cc2ccc(Cl)cc2)CC1. The van der Waals surface area contributed by atoms with Crippen molar-refractivity contribution in [2.75, 3.05) is 38.5 Å². The molecule has 0 spiro atoms. The molecule has 0 aliphatic carbocycles. The number of nitrogens with zero attached hydrogens (tertiary/aromatic N) is 2. The van der Waals surface area contributed by atoms with Gasteiger partial charge in [-0.3, -0.25) is 9.80 Å². The Kier molecular flexibility index (Phi) is 7.87. The third-order valence-electron chi connectivity index (χ3n) is 4.88. The van der Waals surface area contributed by atoms with E-state index in [4.69, 9.17) is 11.6 Å². The molecule has 29 heavy (non-hydrogen) atoms. The fourth-order valence-electron chi connectivity index (χ4n) is 3.26. The van der Waals surface area contributed by atoms with E-state index in [1.807, 2.05) is 24.3 Å². The van der Waals surface area contributed by atoms with E-state index >= 15 is 0 Å². The molecule has 0 saturated carbocycles. The van der Waals surface area contributed by atoms with Crippen molar-refractivity contribution in [1.82, 2.24) is 9.80 Å². The first-order valence-corrected chi connectivity index (χ1v) is 10.8. The molecule has 3 rings (SSSR count). The highest BCUT2D eigenvalue weighted by Crippen LogP contribution is 2.30. The van der Waals surface area contributed by atoms with E-state index in [0.717, 1.165) is 54.8 Å². The van der Waals surface area contributed by atoms with Crippen LogP contribution in [-0.2, 0) is 12.7 Å².